The number of hydrogen-bond acceptors (Lipinski definition) is 7. The van der Waals surface area contributed by atoms with E-state index in [-0.39, 0.29) is 17.8 Å². The van der Waals surface area contributed by atoms with Gasteiger partial charge in [-0.2, -0.15) is 0 Å². The van der Waals surface area contributed by atoms with E-state index in [2.05, 4.69) is 0 Å². The van der Waals surface area contributed by atoms with E-state index >= 15 is 0 Å². The number of benzene rings is 3. The molecule has 0 saturated heterocycles. The first kappa shape index (κ1) is 23.5. The average Bonchev–Trinajstić information content (AvgIpc) is 2.92. The number of rotatable bonds is 8. The molecule has 0 aliphatic carbocycles. The van der Waals surface area contributed by atoms with E-state index in [4.69, 9.17) is 23.4 Å². The summed E-state index contributed by atoms with van der Waals surface area (Å²) in [5.41, 5.74) is 2.75. The van der Waals surface area contributed by atoms with Crippen LogP contribution in [0.3, 0.4) is 0 Å². The van der Waals surface area contributed by atoms with Crippen LogP contribution >= 0.6 is 0 Å². The van der Waals surface area contributed by atoms with Crippen LogP contribution in [0.25, 0.3) is 22.1 Å². The second-order valence-electron chi connectivity index (χ2n) is 8.48. The summed E-state index contributed by atoms with van der Waals surface area (Å²) in [7, 11) is 1.58. The highest BCUT2D eigenvalue weighted by Gasteiger charge is 2.18. The zero-order chi connectivity index (χ0) is 25.1. The molecule has 0 atom stereocenters. The number of ketones is 1. The fourth-order valence-electron chi connectivity index (χ4n) is 4.21. The Morgan fingerprint density at radius 1 is 0.972 bits per heavy atom. The van der Waals surface area contributed by atoms with Gasteiger partial charge in [0.15, 0.2) is 23.9 Å². The van der Waals surface area contributed by atoms with Crippen LogP contribution in [0.1, 0.15) is 29.3 Å². The Bertz CT molecular complexity index is 1470. The van der Waals surface area contributed by atoms with Gasteiger partial charge in [-0.3, -0.25) is 9.59 Å². The number of carbonyl (C=O) groups is 1. The highest BCUT2D eigenvalue weighted by molar-refractivity contribution is 5.97. The van der Waals surface area contributed by atoms with Crippen LogP contribution < -0.4 is 24.4 Å². The Labute approximate surface area is 208 Å². The molecular formula is C29H26O7. The average molecular weight is 487 g/mol. The number of methoxy groups -OCH3 is 1. The van der Waals surface area contributed by atoms with Crippen LogP contribution in [-0.2, 0) is 6.42 Å². The summed E-state index contributed by atoms with van der Waals surface area (Å²) in [5, 5.41) is 0.458. The molecule has 0 N–H and O–H groups in total. The number of ether oxygens (including phenoxy) is 4. The molecule has 0 radical (unpaired) electrons. The first-order valence-electron chi connectivity index (χ1n) is 11.9. The maximum absolute atomic E-state index is 13.4. The third-order valence-corrected chi connectivity index (χ3v) is 6.10. The van der Waals surface area contributed by atoms with E-state index in [1.165, 1.54) is 6.26 Å². The Hall–Kier alpha value is -4.26. The first-order chi connectivity index (χ1) is 17.6. The topological polar surface area (TPSA) is 84.2 Å². The first-order valence-corrected chi connectivity index (χ1v) is 11.9. The number of Topliss-reactive ketones (excluding diaryl/α,β-unsaturated/α-hetero) is 1. The van der Waals surface area contributed by atoms with Crippen molar-refractivity contribution in [3.05, 3.63) is 82.2 Å². The molecule has 3 aromatic carbocycles. The summed E-state index contributed by atoms with van der Waals surface area (Å²) in [5.74, 6) is 2.32. The number of hydrogen-bond donors (Lipinski definition) is 0. The summed E-state index contributed by atoms with van der Waals surface area (Å²) >= 11 is 0. The summed E-state index contributed by atoms with van der Waals surface area (Å²) in [6.07, 6.45) is 2.99. The van der Waals surface area contributed by atoms with Gasteiger partial charge in [0, 0.05) is 11.6 Å². The van der Waals surface area contributed by atoms with Crippen LogP contribution in [0.5, 0.6) is 23.0 Å². The molecule has 184 valence electrons. The molecule has 0 fully saturated rings. The lowest BCUT2D eigenvalue weighted by atomic mass is 10.0. The van der Waals surface area contributed by atoms with Crippen molar-refractivity contribution in [2.75, 3.05) is 26.9 Å². The molecule has 7 heteroatoms. The SMILES string of the molecule is CCCc1cc2c(=O)c(-c3ccc4c(c3)OCCO4)coc2cc1OCC(=O)c1ccc(OC)cc1. The molecule has 1 aliphatic heterocycles. The van der Waals surface area contributed by atoms with Gasteiger partial charge in [-0.1, -0.05) is 19.4 Å². The molecule has 0 spiro atoms. The van der Waals surface area contributed by atoms with Crippen LogP contribution in [0.15, 0.2) is 70.1 Å². The van der Waals surface area contributed by atoms with Gasteiger partial charge in [-0.15, -0.1) is 0 Å². The zero-order valence-corrected chi connectivity index (χ0v) is 20.2. The molecule has 0 unspecified atom stereocenters. The van der Waals surface area contributed by atoms with Crippen molar-refractivity contribution in [1.29, 1.82) is 0 Å². The van der Waals surface area contributed by atoms with E-state index in [0.717, 1.165) is 12.0 Å². The number of carbonyl (C=O) groups excluding carboxylic acids is 1. The Balaban J connectivity index is 1.44. The predicted octanol–water partition coefficient (Wildman–Crippen LogP) is 5.45. The molecular weight excluding hydrogens is 460 g/mol. The van der Waals surface area contributed by atoms with Gasteiger partial charge < -0.3 is 23.4 Å². The van der Waals surface area contributed by atoms with E-state index < -0.39 is 0 Å². The lowest BCUT2D eigenvalue weighted by Gasteiger charge is -2.18. The van der Waals surface area contributed by atoms with E-state index in [0.29, 0.717) is 70.3 Å². The van der Waals surface area contributed by atoms with E-state index in [9.17, 15) is 9.59 Å². The highest BCUT2D eigenvalue weighted by atomic mass is 16.6. The van der Waals surface area contributed by atoms with Crippen LogP contribution in [-0.4, -0.2) is 32.7 Å². The van der Waals surface area contributed by atoms with Crippen LogP contribution in [0.4, 0.5) is 0 Å². The standard InChI is InChI=1S/C29H26O7/c1-3-4-20-13-22-27(15-26(20)36-17-24(30)18-5-8-21(32-2)9-6-18)35-16-23(29(22)31)19-7-10-25-28(14-19)34-12-11-33-25/h5-10,13-16H,3-4,11-12,17H2,1-2H3. The van der Waals surface area contributed by atoms with Gasteiger partial charge in [0.2, 0.25) is 5.43 Å². The van der Waals surface area contributed by atoms with Gasteiger partial charge in [-0.05, 0) is 60.0 Å². The minimum atomic E-state index is -0.157. The van der Waals surface area contributed by atoms with Crippen molar-refractivity contribution in [2.45, 2.75) is 19.8 Å². The minimum Gasteiger partial charge on any atom is -0.497 e. The largest absolute Gasteiger partial charge is 0.497 e. The smallest absolute Gasteiger partial charge is 0.200 e. The van der Waals surface area contributed by atoms with Crippen molar-refractivity contribution >= 4 is 16.8 Å². The Kier molecular flexibility index (Phi) is 6.62. The zero-order valence-electron chi connectivity index (χ0n) is 20.2. The van der Waals surface area contributed by atoms with E-state index in [1.807, 2.05) is 13.0 Å². The maximum atomic E-state index is 13.4. The van der Waals surface area contributed by atoms with Crippen molar-refractivity contribution < 1.29 is 28.2 Å². The number of aryl methyl sites for hydroxylation is 1. The second-order valence-corrected chi connectivity index (χ2v) is 8.48. The quantitative estimate of drug-likeness (QED) is 0.306. The number of fused-ring (bicyclic) bond motifs is 2. The monoisotopic (exact) mass is 486 g/mol. The Morgan fingerprint density at radius 2 is 1.75 bits per heavy atom. The van der Waals surface area contributed by atoms with Gasteiger partial charge in [0.25, 0.3) is 0 Å². The van der Waals surface area contributed by atoms with Crippen molar-refractivity contribution in [3.63, 3.8) is 0 Å². The summed E-state index contributed by atoms with van der Waals surface area (Å²) < 4.78 is 28.2. The molecule has 0 saturated carbocycles. The molecule has 2 heterocycles. The minimum absolute atomic E-state index is 0.131. The molecule has 0 amide bonds. The van der Waals surface area contributed by atoms with Gasteiger partial charge in [0.1, 0.15) is 36.6 Å². The molecule has 1 aliphatic rings. The summed E-state index contributed by atoms with van der Waals surface area (Å²) in [4.78, 5) is 26.1. The van der Waals surface area contributed by atoms with Gasteiger partial charge in [-0.25, -0.2) is 0 Å². The van der Waals surface area contributed by atoms with Crippen LogP contribution in [0, 0.1) is 0 Å². The fraction of sp³-hybridized carbons (Fsp3) is 0.241. The normalized spacial score (nSPS) is 12.4. The fourth-order valence-corrected chi connectivity index (χ4v) is 4.21. The molecule has 7 nitrogen and oxygen atoms in total. The van der Waals surface area contributed by atoms with Gasteiger partial charge in [0.05, 0.1) is 18.1 Å². The molecule has 36 heavy (non-hydrogen) atoms. The van der Waals surface area contributed by atoms with Crippen molar-refractivity contribution in [3.8, 4) is 34.1 Å². The van der Waals surface area contributed by atoms with Crippen LogP contribution in [0.2, 0.25) is 0 Å². The lowest BCUT2D eigenvalue weighted by molar-refractivity contribution is 0.0921. The van der Waals surface area contributed by atoms with Crippen molar-refractivity contribution in [1.82, 2.24) is 0 Å². The molecule has 5 rings (SSSR count). The lowest BCUT2D eigenvalue weighted by Crippen LogP contribution is -2.15. The summed E-state index contributed by atoms with van der Waals surface area (Å²) in [6.45, 7) is 2.88. The molecule has 0 bridgehead atoms. The molecule has 4 aromatic rings. The van der Waals surface area contributed by atoms with Crippen molar-refractivity contribution in [2.24, 2.45) is 0 Å². The predicted molar refractivity (Wildman–Crippen MR) is 136 cm³/mol. The molecule has 1 aromatic heterocycles. The summed E-state index contributed by atoms with van der Waals surface area (Å²) in [6, 6.07) is 15.8. The third-order valence-electron chi connectivity index (χ3n) is 6.10. The second kappa shape index (κ2) is 10.2. The van der Waals surface area contributed by atoms with Gasteiger partial charge >= 0.3 is 0 Å². The maximum Gasteiger partial charge on any atom is 0.200 e. The van der Waals surface area contributed by atoms with E-state index in [1.54, 1.807) is 55.6 Å². The highest BCUT2D eigenvalue weighted by Crippen LogP contribution is 2.35. The third kappa shape index (κ3) is 4.64. The Morgan fingerprint density at radius 3 is 2.50 bits per heavy atom.